The van der Waals surface area contributed by atoms with Gasteiger partial charge in [0.25, 0.3) is 5.91 Å². The van der Waals surface area contributed by atoms with Gasteiger partial charge in [-0.3, -0.25) is 9.59 Å². The number of rotatable bonds is 6. The number of hydrogen-bond donors (Lipinski definition) is 3. The minimum atomic E-state index is -3.88. The molecule has 3 saturated heterocycles. The van der Waals surface area contributed by atoms with Gasteiger partial charge < -0.3 is 25.1 Å². The number of aliphatic carboxylic acids is 1. The maximum atomic E-state index is 13.2. The molecular formula is C20H25N5O9S2. The normalized spacial score (nSPS) is 25.9. The van der Waals surface area contributed by atoms with Gasteiger partial charge in [-0.05, 0) is 32.9 Å². The molecule has 0 radical (unpaired) electrons. The molecule has 1 aromatic rings. The zero-order valence-electron chi connectivity index (χ0n) is 19.7. The van der Waals surface area contributed by atoms with Gasteiger partial charge in [0.1, 0.15) is 29.0 Å². The van der Waals surface area contributed by atoms with E-state index in [0.29, 0.717) is 15.0 Å². The highest BCUT2D eigenvalue weighted by atomic mass is 32.2. The summed E-state index contributed by atoms with van der Waals surface area (Å²) in [5.74, 6) is -2.09. The van der Waals surface area contributed by atoms with Gasteiger partial charge in [0.15, 0.2) is 6.04 Å². The highest BCUT2D eigenvalue weighted by molar-refractivity contribution is 8.01. The van der Waals surface area contributed by atoms with Crippen molar-refractivity contribution in [3.05, 3.63) is 23.7 Å². The molecule has 0 bridgehead atoms. The monoisotopic (exact) mass is 543 g/mol. The van der Waals surface area contributed by atoms with Crippen molar-refractivity contribution in [2.45, 2.75) is 49.0 Å². The number of aryl methyl sites for hydroxylation is 1. The minimum Gasteiger partial charge on any atom is -0.480 e. The van der Waals surface area contributed by atoms with Crippen molar-refractivity contribution in [1.29, 1.82) is 0 Å². The Labute approximate surface area is 210 Å². The number of carboxylic acid groups (broad SMARTS) is 1. The van der Waals surface area contributed by atoms with Crippen molar-refractivity contribution in [2.75, 3.05) is 19.3 Å². The van der Waals surface area contributed by atoms with Gasteiger partial charge >= 0.3 is 18.0 Å². The van der Waals surface area contributed by atoms with Crippen LogP contribution in [-0.2, 0) is 24.4 Å². The van der Waals surface area contributed by atoms with E-state index in [1.165, 1.54) is 22.7 Å². The second kappa shape index (κ2) is 8.69. The van der Waals surface area contributed by atoms with E-state index >= 15 is 0 Å². The molecular weight excluding hydrogens is 518 g/mol. The first kappa shape index (κ1) is 25.8. The lowest BCUT2D eigenvalue weighted by Gasteiger charge is -2.43. The number of hydrogen-bond acceptors (Lipinski definition) is 9. The Morgan fingerprint density at radius 3 is 2.42 bits per heavy atom. The molecule has 196 valence electrons. The number of fused-ring (bicyclic) bond motifs is 1. The molecule has 16 heteroatoms. The van der Waals surface area contributed by atoms with E-state index in [9.17, 15) is 37.5 Å². The van der Waals surface area contributed by atoms with Crippen LogP contribution in [0.15, 0.2) is 16.5 Å². The smallest absolute Gasteiger partial charge is 0.341 e. The van der Waals surface area contributed by atoms with Crippen LogP contribution in [0, 0.1) is 6.92 Å². The number of nitrogens with one attached hydrogen (secondary N) is 2. The van der Waals surface area contributed by atoms with E-state index in [-0.39, 0.29) is 18.8 Å². The van der Waals surface area contributed by atoms with E-state index in [2.05, 4.69) is 10.6 Å². The zero-order valence-corrected chi connectivity index (χ0v) is 21.4. The lowest BCUT2D eigenvalue weighted by molar-refractivity contribution is -0.161. The molecule has 6 amide bonds. The molecule has 3 aliphatic rings. The van der Waals surface area contributed by atoms with Crippen LogP contribution in [0.2, 0.25) is 0 Å². The Morgan fingerprint density at radius 1 is 1.22 bits per heavy atom. The Balaban J connectivity index is 1.51. The summed E-state index contributed by atoms with van der Waals surface area (Å²) < 4.78 is 28.8. The first-order valence-corrected chi connectivity index (χ1v) is 13.6. The van der Waals surface area contributed by atoms with Crippen LogP contribution in [-0.4, -0.2) is 99.0 Å². The molecule has 1 unspecified atom stereocenters. The lowest BCUT2D eigenvalue weighted by Crippen LogP contribution is -2.71. The van der Waals surface area contributed by atoms with Gasteiger partial charge in [0.2, 0.25) is 15.9 Å². The van der Waals surface area contributed by atoms with E-state index in [0.717, 1.165) is 6.26 Å². The number of amides is 6. The van der Waals surface area contributed by atoms with Crippen LogP contribution in [0.25, 0.3) is 0 Å². The summed E-state index contributed by atoms with van der Waals surface area (Å²) in [6.07, 6.45) is 0.838. The van der Waals surface area contributed by atoms with Crippen LogP contribution < -0.4 is 10.6 Å². The van der Waals surface area contributed by atoms with Crippen LogP contribution in [0.4, 0.5) is 9.59 Å². The number of furan rings is 1. The molecule has 3 fully saturated rings. The topological polar surface area (TPSA) is 187 Å². The molecule has 0 aliphatic carbocycles. The maximum Gasteiger partial charge on any atom is 0.341 e. The first-order chi connectivity index (χ1) is 16.6. The van der Waals surface area contributed by atoms with Crippen molar-refractivity contribution in [1.82, 2.24) is 24.7 Å². The summed E-state index contributed by atoms with van der Waals surface area (Å²) in [4.78, 5) is 64.8. The van der Waals surface area contributed by atoms with Crippen molar-refractivity contribution >= 4 is 51.6 Å². The number of β-lactam (4-membered cyclic amide) rings is 1. The predicted molar refractivity (Wildman–Crippen MR) is 124 cm³/mol. The second-order valence-corrected chi connectivity index (χ2v) is 12.9. The fraction of sp³-hybridized carbons (Fsp3) is 0.550. The number of thioether (sulfide) groups is 1. The molecule has 14 nitrogen and oxygen atoms in total. The average Bonchev–Trinajstić information content (AvgIpc) is 3.43. The fourth-order valence-corrected chi connectivity index (χ4v) is 6.89. The van der Waals surface area contributed by atoms with Crippen LogP contribution in [0.1, 0.15) is 31.4 Å². The van der Waals surface area contributed by atoms with Gasteiger partial charge in [-0.15, -0.1) is 11.8 Å². The molecule has 4 rings (SSSR count). The van der Waals surface area contributed by atoms with Crippen molar-refractivity contribution < 1.29 is 41.9 Å². The van der Waals surface area contributed by atoms with Crippen LogP contribution in [0.5, 0.6) is 0 Å². The molecule has 4 heterocycles. The summed E-state index contributed by atoms with van der Waals surface area (Å²) in [6.45, 7) is 4.56. The summed E-state index contributed by atoms with van der Waals surface area (Å²) >= 11 is 1.24. The fourth-order valence-electron chi connectivity index (χ4n) is 4.47. The van der Waals surface area contributed by atoms with E-state index in [1.54, 1.807) is 26.8 Å². The Bertz CT molecular complexity index is 1260. The van der Waals surface area contributed by atoms with Gasteiger partial charge in [0.05, 0.1) is 19.3 Å². The van der Waals surface area contributed by atoms with Gasteiger partial charge in [-0.25, -0.2) is 32.0 Å². The van der Waals surface area contributed by atoms with Gasteiger partial charge in [-0.1, -0.05) is 0 Å². The molecule has 0 spiro atoms. The van der Waals surface area contributed by atoms with Gasteiger partial charge in [-0.2, -0.15) is 0 Å². The standard InChI is InChI=1S/C20H25N5O9S2/c1-9-5-6-10(34-9)11(22-18(30)23-7-8-24(19(23)31)36(4,32)33)14(26)21-12-15(27)25-13(17(28)29)20(2,3)35-16(12)25/h5-6,11-13,16H,7-8H2,1-4H3,(H,21,26)(H,22,30)(H,28,29)/t11?,12-,13+,16-/m1/s1. The molecule has 36 heavy (non-hydrogen) atoms. The highest BCUT2D eigenvalue weighted by Gasteiger charge is 2.64. The molecule has 4 atom stereocenters. The summed E-state index contributed by atoms with van der Waals surface area (Å²) in [6, 6.07) is -2.63. The lowest BCUT2D eigenvalue weighted by atomic mass is 9.96. The SMILES string of the molecule is Cc1ccc(C(NC(=O)N2CCN(S(C)(=O)=O)C2=O)C(=O)N[C@@H]2C(=O)N3[C@@H]2SC(C)(C)[C@@H]3C(=O)O)o1. The zero-order chi connectivity index (χ0) is 26.7. The number of sulfonamides is 1. The molecule has 0 saturated carbocycles. The molecule has 3 aliphatic heterocycles. The second-order valence-electron chi connectivity index (χ2n) is 9.18. The van der Waals surface area contributed by atoms with Crippen molar-refractivity contribution in [2.24, 2.45) is 0 Å². The number of imide groups is 1. The largest absolute Gasteiger partial charge is 0.480 e. The number of carboxylic acids is 1. The third-order valence-corrected chi connectivity index (χ3v) is 8.88. The highest BCUT2D eigenvalue weighted by Crippen LogP contribution is 2.50. The summed E-state index contributed by atoms with van der Waals surface area (Å²) in [5.41, 5.74) is 0. The predicted octanol–water partition coefficient (Wildman–Crippen LogP) is -0.332. The van der Waals surface area contributed by atoms with E-state index < -0.39 is 68.1 Å². The number of nitrogens with zero attached hydrogens (tertiary/aromatic N) is 3. The summed E-state index contributed by atoms with van der Waals surface area (Å²) in [5, 5.41) is 13.9. The van der Waals surface area contributed by atoms with E-state index in [4.69, 9.17) is 4.42 Å². The van der Waals surface area contributed by atoms with Crippen molar-refractivity contribution in [3.8, 4) is 0 Å². The maximum absolute atomic E-state index is 13.2. The van der Waals surface area contributed by atoms with Crippen LogP contribution in [0.3, 0.4) is 0 Å². The third kappa shape index (κ3) is 4.27. The number of carbonyl (C=O) groups is 5. The average molecular weight is 544 g/mol. The Kier molecular flexibility index (Phi) is 6.23. The van der Waals surface area contributed by atoms with Crippen LogP contribution >= 0.6 is 11.8 Å². The minimum absolute atomic E-state index is 0.0245. The Hall–Kier alpha value is -3.27. The van der Waals surface area contributed by atoms with E-state index in [1.807, 2.05) is 0 Å². The van der Waals surface area contributed by atoms with Gasteiger partial charge in [0, 0.05) is 4.75 Å². The quantitative estimate of drug-likeness (QED) is 0.401. The number of carbonyl (C=O) groups excluding carboxylic acids is 4. The molecule has 1 aromatic heterocycles. The molecule has 0 aromatic carbocycles. The van der Waals surface area contributed by atoms with Crippen molar-refractivity contribution in [3.63, 3.8) is 0 Å². The Morgan fingerprint density at radius 2 is 1.89 bits per heavy atom. The summed E-state index contributed by atoms with van der Waals surface area (Å²) in [7, 11) is -3.88. The molecule has 3 N–H and O–H groups in total. The third-order valence-electron chi connectivity index (χ3n) is 6.16. The first-order valence-electron chi connectivity index (χ1n) is 10.8. The number of urea groups is 2.